The highest BCUT2D eigenvalue weighted by Crippen LogP contribution is 2.33. The van der Waals surface area contributed by atoms with Crippen LogP contribution in [0.4, 0.5) is 13.2 Å². The number of hydrogen-bond acceptors (Lipinski definition) is 3. The van der Waals surface area contributed by atoms with E-state index in [0.29, 0.717) is 6.08 Å². The lowest BCUT2D eigenvalue weighted by Gasteiger charge is -2.22. The predicted molar refractivity (Wildman–Crippen MR) is 99.0 cm³/mol. The lowest BCUT2D eigenvalue weighted by Crippen LogP contribution is -2.32. The Morgan fingerprint density at radius 2 is 1.57 bits per heavy atom. The van der Waals surface area contributed by atoms with Gasteiger partial charge in [-0.2, -0.15) is 13.2 Å². The Morgan fingerprint density at radius 1 is 1.00 bits per heavy atom. The van der Waals surface area contributed by atoms with E-state index < -0.39 is 23.6 Å². The van der Waals surface area contributed by atoms with Crippen molar-refractivity contribution in [3.8, 4) is 0 Å². The van der Waals surface area contributed by atoms with Crippen LogP contribution in [0.3, 0.4) is 0 Å². The highest BCUT2D eigenvalue weighted by molar-refractivity contribution is 5.96. The van der Waals surface area contributed by atoms with Crippen LogP contribution in [-0.4, -0.2) is 36.6 Å². The third-order valence-electron chi connectivity index (χ3n) is 4.00. The monoisotopic (exact) mass is 391 g/mol. The van der Waals surface area contributed by atoms with Crippen molar-refractivity contribution in [2.45, 2.75) is 19.1 Å². The normalized spacial score (nSPS) is 11.8. The van der Waals surface area contributed by atoms with Crippen LogP contribution in [0.2, 0.25) is 0 Å². The van der Waals surface area contributed by atoms with E-state index in [1.54, 1.807) is 36.4 Å². The minimum absolute atomic E-state index is 0.0587. The minimum atomic E-state index is -4.70. The lowest BCUT2D eigenvalue weighted by molar-refractivity contribution is -0.141. The molecule has 0 fully saturated rings. The first kappa shape index (κ1) is 21.2. The minimum Gasteiger partial charge on any atom is -0.469 e. The number of methoxy groups -OCH3 is 1. The average Bonchev–Trinajstić information content (AvgIpc) is 2.69. The van der Waals surface area contributed by atoms with Crippen molar-refractivity contribution in [2.24, 2.45) is 0 Å². The Labute approximate surface area is 161 Å². The summed E-state index contributed by atoms with van der Waals surface area (Å²) in [4.78, 5) is 25.3. The molecule has 0 radical (unpaired) electrons. The number of carbonyl (C=O) groups is 2. The number of hydrogen-bond donors (Lipinski definition) is 0. The number of halogens is 3. The Kier molecular flexibility index (Phi) is 7.37. The van der Waals surface area contributed by atoms with Crippen LogP contribution in [0, 0.1) is 0 Å². The van der Waals surface area contributed by atoms with Gasteiger partial charge in [0.2, 0.25) is 5.91 Å². The molecule has 7 heteroatoms. The number of ether oxygens (including phenoxy) is 1. The van der Waals surface area contributed by atoms with Crippen molar-refractivity contribution < 1.29 is 27.5 Å². The van der Waals surface area contributed by atoms with Crippen molar-refractivity contribution >= 4 is 17.4 Å². The van der Waals surface area contributed by atoms with Crippen molar-refractivity contribution in [3.63, 3.8) is 0 Å². The SMILES string of the molecule is COC(=O)CCN(Cc1ccccc1)C(=O)/C=C(/c1ccccc1)C(F)(F)F. The van der Waals surface area contributed by atoms with Gasteiger partial charge in [0.05, 0.1) is 19.1 Å². The molecule has 148 valence electrons. The maximum atomic E-state index is 13.5. The molecular formula is C21H20F3NO3. The third-order valence-corrected chi connectivity index (χ3v) is 4.00. The molecule has 0 aliphatic carbocycles. The molecule has 0 spiro atoms. The van der Waals surface area contributed by atoms with Crippen molar-refractivity contribution in [1.82, 2.24) is 4.90 Å². The summed E-state index contributed by atoms with van der Waals surface area (Å²) < 4.78 is 45.1. The van der Waals surface area contributed by atoms with Gasteiger partial charge in [-0.25, -0.2) is 0 Å². The van der Waals surface area contributed by atoms with Crippen LogP contribution < -0.4 is 0 Å². The summed E-state index contributed by atoms with van der Waals surface area (Å²) in [7, 11) is 1.21. The fourth-order valence-corrected chi connectivity index (χ4v) is 2.56. The summed E-state index contributed by atoms with van der Waals surface area (Å²) in [6.07, 6.45) is -4.23. The van der Waals surface area contributed by atoms with Crippen molar-refractivity contribution in [1.29, 1.82) is 0 Å². The van der Waals surface area contributed by atoms with Gasteiger partial charge in [0, 0.05) is 19.2 Å². The van der Waals surface area contributed by atoms with Gasteiger partial charge in [-0.1, -0.05) is 60.7 Å². The number of benzene rings is 2. The number of rotatable bonds is 7. The first-order valence-corrected chi connectivity index (χ1v) is 8.55. The fourth-order valence-electron chi connectivity index (χ4n) is 2.56. The molecular weight excluding hydrogens is 371 g/mol. The second kappa shape index (κ2) is 9.73. The molecule has 0 aromatic heterocycles. The summed E-state index contributed by atoms with van der Waals surface area (Å²) in [5.41, 5.74) is -0.396. The lowest BCUT2D eigenvalue weighted by atomic mass is 10.0. The molecule has 2 aromatic rings. The molecule has 0 aliphatic heterocycles. The zero-order valence-electron chi connectivity index (χ0n) is 15.3. The molecule has 0 atom stereocenters. The van der Waals surface area contributed by atoms with Crippen molar-refractivity contribution in [2.75, 3.05) is 13.7 Å². The van der Waals surface area contributed by atoms with Gasteiger partial charge < -0.3 is 9.64 Å². The molecule has 1 amide bonds. The molecule has 4 nitrogen and oxygen atoms in total. The van der Waals surface area contributed by atoms with Gasteiger partial charge in [0.15, 0.2) is 0 Å². The van der Waals surface area contributed by atoms with E-state index in [2.05, 4.69) is 4.74 Å². The maximum absolute atomic E-state index is 13.5. The predicted octanol–water partition coefficient (Wildman–Crippen LogP) is 4.22. The van der Waals surface area contributed by atoms with E-state index in [-0.39, 0.29) is 25.1 Å². The first-order chi connectivity index (χ1) is 13.3. The molecule has 0 unspecified atom stereocenters. The van der Waals surface area contributed by atoms with Gasteiger partial charge in [-0.3, -0.25) is 9.59 Å². The van der Waals surface area contributed by atoms with Crippen molar-refractivity contribution in [3.05, 3.63) is 77.9 Å². The summed E-state index contributed by atoms with van der Waals surface area (Å²) in [5.74, 6) is -1.38. The average molecular weight is 391 g/mol. The number of carbonyl (C=O) groups excluding carboxylic acids is 2. The Bertz CT molecular complexity index is 818. The largest absolute Gasteiger partial charge is 0.469 e. The van der Waals surface area contributed by atoms with Gasteiger partial charge in [0.25, 0.3) is 0 Å². The molecule has 0 aliphatic rings. The quantitative estimate of drug-likeness (QED) is 0.524. The van der Waals surface area contributed by atoms with E-state index >= 15 is 0 Å². The number of nitrogens with zero attached hydrogens (tertiary/aromatic N) is 1. The second-order valence-corrected chi connectivity index (χ2v) is 5.99. The highest BCUT2D eigenvalue weighted by atomic mass is 19.4. The van der Waals surface area contributed by atoms with Crippen LogP contribution in [0.5, 0.6) is 0 Å². The van der Waals surface area contributed by atoms with E-state index in [4.69, 9.17) is 0 Å². The molecule has 0 bridgehead atoms. The molecule has 0 N–H and O–H groups in total. The molecule has 0 saturated heterocycles. The number of allylic oxidation sites excluding steroid dienone is 1. The maximum Gasteiger partial charge on any atom is 0.417 e. The first-order valence-electron chi connectivity index (χ1n) is 8.55. The smallest absolute Gasteiger partial charge is 0.417 e. The second-order valence-electron chi connectivity index (χ2n) is 5.99. The standard InChI is InChI=1S/C21H20F3NO3/c1-28-20(27)12-13-25(15-16-8-4-2-5-9-16)19(26)14-18(21(22,23)24)17-10-6-3-7-11-17/h2-11,14H,12-13,15H2,1H3/b18-14-. The van der Waals surface area contributed by atoms with Crippen LogP contribution >= 0.6 is 0 Å². The van der Waals surface area contributed by atoms with E-state index in [0.717, 1.165) is 5.56 Å². The van der Waals surface area contributed by atoms with Crippen LogP contribution in [-0.2, 0) is 20.9 Å². The van der Waals surface area contributed by atoms with E-state index in [1.165, 1.54) is 36.3 Å². The zero-order valence-corrected chi connectivity index (χ0v) is 15.3. The molecule has 28 heavy (non-hydrogen) atoms. The Morgan fingerprint density at radius 3 is 2.11 bits per heavy atom. The molecule has 0 saturated carbocycles. The van der Waals surface area contributed by atoms with Crippen LogP contribution in [0.1, 0.15) is 17.5 Å². The molecule has 2 aromatic carbocycles. The fraction of sp³-hybridized carbons (Fsp3) is 0.238. The number of alkyl halides is 3. The third kappa shape index (κ3) is 6.26. The van der Waals surface area contributed by atoms with Gasteiger partial charge >= 0.3 is 12.1 Å². The molecule has 2 rings (SSSR count). The summed E-state index contributed by atoms with van der Waals surface area (Å²) in [5, 5.41) is 0. The zero-order chi connectivity index (χ0) is 20.6. The summed E-state index contributed by atoms with van der Waals surface area (Å²) in [6, 6.07) is 16.0. The number of esters is 1. The Hall–Kier alpha value is -3.09. The number of amides is 1. The van der Waals surface area contributed by atoms with Crippen LogP contribution in [0.25, 0.3) is 5.57 Å². The van der Waals surface area contributed by atoms with Gasteiger partial charge in [0.1, 0.15) is 0 Å². The summed E-state index contributed by atoms with van der Waals surface area (Å²) >= 11 is 0. The van der Waals surface area contributed by atoms with Crippen LogP contribution in [0.15, 0.2) is 66.7 Å². The highest BCUT2D eigenvalue weighted by Gasteiger charge is 2.35. The molecule has 0 heterocycles. The summed E-state index contributed by atoms with van der Waals surface area (Å²) in [6.45, 7) is 0.0178. The Balaban J connectivity index is 2.32. The topological polar surface area (TPSA) is 46.6 Å². The van der Waals surface area contributed by atoms with E-state index in [9.17, 15) is 22.8 Å². The van der Waals surface area contributed by atoms with Gasteiger partial charge in [-0.05, 0) is 11.1 Å². The van der Waals surface area contributed by atoms with E-state index in [1.807, 2.05) is 0 Å². The van der Waals surface area contributed by atoms with Gasteiger partial charge in [-0.15, -0.1) is 0 Å².